The van der Waals surface area contributed by atoms with Gasteiger partial charge >= 0.3 is 0 Å². The second-order valence-corrected chi connectivity index (χ2v) is 6.65. The number of aromatic nitrogens is 2. The first-order chi connectivity index (χ1) is 11.7. The highest BCUT2D eigenvalue weighted by atomic mass is 35.5. The highest BCUT2D eigenvalue weighted by Crippen LogP contribution is 2.31. The van der Waals surface area contributed by atoms with Gasteiger partial charge in [0.05, 0.1) is 24.8 Å². The van der Waals surface area contributed by atoms with Crippen molar-refractivity contribution in [3.63, 3.8) is 0 Å². The summed E-state index contributed by atoms with van der Waals surface area (Å²) in [5.74, 6) is 1.58. The van der Waals surface area contributed by atoms with Gasteiger partial charge in [0.2, 0.25) is 0 Å². The first-order valence-electron chi connectivity index (χ1n) is 7.62. The van der Waals surface area contributed by atoms with Gasteiger partial charge in [0.1, 0.15) is 5.75 Å². The molecule has 0 saturated heterocycles. The molecule has 2 aromatic carbocycles. The highest BCUT2D eigenvalue weighted by Gasteiger charge is 2.12. The fourth-order valence-corrected chi connectivity index (χ4v) is 3.78. The Labute approximate surface area is 150 Å². The molecule has 0 aliphatic rings. The fourth-order valence-electron chi connectivity index (χ4n) is 2.56. The molecule has 0 N–H and O–H groups in total. The van der Waals surface area contributed by atoms with E-state index >= 15 is 0 Å². The van der Waals surface area contributed by atoms with Crippen LogP contribution in [0.5, 0.6) is 5.75 Å². The fraction of sp³-hybridized carbons (Fsp3) is 0.278. The Morgan fingerprint density at radius 1 is 1.17 bits per heavy atom. The second-order valence-electron chi connectivity index (χ2n) is 5.27. The van der Waals surface area contributed by atoms with Crippen LogP contribution in [0.15, 0.2) is 47.6 Å². The van der Waals surface area contributed by atoms with Gasteiger partial charge in [-0.05, 0) is 30.3 Å². The minimum absolute atomic E-state index is 0.647. The minimum Gasteiger partial charge on any atom is -0.496 e. The van der Waals surface area contributed by atoms with Gasteiger partial charge in [-0.25, -0.2) is 4.98 Å². The second kappa shape index (κ2) is 7.92. The van der Waals surface area contributed by atoms with E-state index in [2.05, 4.69) is 10.6 Å². The molecule has 0 aliphatic heterocycles. The first kappa shape index (κ1) is 17.1. The van der Waals surface area contributed by atoms with E-state index in [0.29, 0.717) is 11.6 Å². The lowest BCUT2D eigenvalue weighted by molar-refractivity contribution is 0.186. The molecule has 0 bridgehead atoms. The molecule has 0 amide bonds. The molecule has 4 nitrogen and oxygen atoms in total. The van der Waals surface area contributed by atoms with Crippen LogP contribution in [0.25, 0.3) is 11.0 Å². The molecule has 6 heteroatoms. The lowest BCUT2D eigenvalue weighted by Crippen LogP contribution is -2.05. The van der Waals surface area contributed by atoms with E-state index in [1.807, 2.05) is 36.4 Å². The number of fused-ring (bicyclic) bond motifs is 1. The zero-order valence-corrected chi connectivity index (χ0v) is 15.2. The third-order valence-corrected chi connectivity index (χ3v) is 5.00. The third kappa shape index (κ3) is 3.69. The molecule has 0 fully saturated rings. The Morgan fingerprint density at radius 2 is 2.00 bits per heavy atom. The smallest absolute Gasteiger partial charge is 0.169 e. The molecule has 0 spiro atoms. The number of para-hydroxylation sites is 2. The van der Waals surface area contributed by atoms with Crippen molar-refractivity contribution in [2.75, 3.05) is 20.8 Å². The summed E-state index contributed by atoms with van der Waals surface area (Å²) < 4.78 is 12.9. The van der Waals surface area contributed by atoms with Crippen molar-refractivity contribution in [1.29, 1.82) is 0 Å². The van der Waals surface area contributed by atoms with E-state index in [0.717, 1.165) is 39.8 Å². The van der Waals surface area contributed by atoms with Crippen LogP contribution in [-0.2, 0) is 17.0 Å². The number of halogens is 1. The largest absolute Gasteiger partial charge is 0.496 e. The van der Waals surface area contributed by atoms with Crippen LogP contribution in [0.1, 0.15) is 5.56 Å². The van der Waals surface area contributed by atoms with Crippen LogP contribution in [-0.4, -0.2) is 30.4 Å². The maximum absolute atomic E-state index is 6.12. The van der Waals surface area contributed by atoms with Gasteiger partial charge in [0.15, 0.2) is 5.16 Å². The lowest BCUT2D eigenvalue weighted by Gasteiger charge is -2.10. The van der Waals surface area contributed by atoms with Gasteiger partial charge < -0.3 is 14.0 Å². The normalized spacial score (nSPS) is 11.1. The number of methoxy groups -OCH3 is 2. The van der Waals surface area contributed by atoms with E-state index in [-0.39, 0.29) is 0 Å². The van der Waals surface area contributed by atoms with Crippen molar-refractivity contribution in [1.82, 2.24) is 9.55 Å². The topological polar surface area (TPSA) is 36.3 Å². The van der Waals surface area contributed by atoms with Gasteiger partial charge in [-0.15, -0.1) is 0 Å². The predicted molar refractivity (Wildman–Crippen MR) is 99.2 cm³/mol. The van der Waals surface area contributed by atoms with Gasteiger partial charge in [-0.1, -0.05) is 35.5 Å². The average molecular weight is 363 g/mol. The van der Waals surface area contributed by atoms with Crippen molar-refractivity contribution >= 4 is 34.4 Å². The van der Waals surface area contributed by atoms with Gasteiger partial charge in [-0.2, -0.15) is 0 Å². The predicted octanol–water partition coefficient (Wildman–Crippen LogP) is 4.64. The van der Waals surface area contributed by atoms with E-state index in [1.165, 1.54) is 0 Å². The molecule has 3 aromatic rings. The van der Waals surface area contributed by atoms with Gasteiger partial charge in [0, 0.05) is 30.0 Å². The van der Waals surface area contributed by atoms with E-state index in [1.54, 1.807) is 26.0 Å². The van der Waals surface area contributed by atoms with E-state index < -0.39 is 0 Å². The number of nitrogens with zero attached hydrogens (tertiary/aromatic N) is 2. The summed E-state index contributed by atoms with van der Waals surface area (Å²) in [6.45, 7) is 1.42. The molecule has 0 atom stereocenters. The van der Waals surface area contributed by atoms with Crippen molar-refractivity contribution in [2.45, 2.75) is 17.5 Å². The Balaban J connectivity index is 1.88. The number of ether oxygens (including phenoxy) is 2. The van der Waals surface area contributed by atoms with Crippen molar-refractivity contribution in [3.05, 3.63) is 53.1 Å². The van der Waals surface area contributed by atoms with E-state index in [9.17, 15) is 0 Å². The summed E-state index contributed by atoms with van der Waals surface area (Å²) in [6.07, 6.45) is 0. The van der Waals surface area contributed by atoms with Crippen LogP contribution in [0.4, 0.5) is 0 Å². The SMILES string of the molecule is COCCn1c(SCc2cc(Cl)ccc2OC)nc2ccccc21. The number of hydrogen-bond donors (Lipinski definition) is 0. The van der Waals surface area contributed by atoms with Crippen LogP contribution >= 0.6 is 23.4 Å². The molecule has 126 valence electrons. The molecule has 0 unspecified atom stereocenters. The average Bonchev–Trinajstić information content (AvgIpc) is 2.95. The quantitative estimate of drug-likeness (QED) is 0.574. The number of imidazole rings is 1. The van der Waals surface area contributed by atoms with Crippen LogP contribution in [0.3, 0.4) is 0 Å². The maximum Gasteiger partial charge on any atom is 0.169 e. The number of hydrogen-bond acceptors (Lipinski definition) is 4. The Morgan fingerprint density at radius 3 is 2.79 bits per heavy atom. The molecule has 0 saturated carbocycles. The first-order valence-corrected chi connectivity index (χ1v) is 8.98. The minimum atomic E-state index is 0.647. The maximum atomic E-state index is 6.12. The third-order valence-electron chi connectivity index (χ3n) is 3.74. The zero-order valence-electron chi connectivity index (χ0n) is 13.7. The molecule has 3 rings (SSSR count). The van der Waals surface area contributed by atoms with Crippen LogP contribution in [0, 0.1) is 0 Å². The molecule has 0 radical (unpaired) electrons. The molecule has 0 aliphatic carbocycles. The lowest BCUT2D eigenvalue weighted by atomic mass is 10.2. The van der Waals surface area contributed by atoms with Crippen molar-refractivity contribution < 1.29 is 9.47 Å². The summed E-state index contributed by atoms with van der Waals surface area (Å²) in [6, 6.07) is 13.8. The summed E-state index contributed by atoms with van der Waals surface area (Å²) in [5, 5.41) is 1.68. The summed E-state index contributed by atoms with van der Waals surface area (Å²) in [4.78, 5) is 4.76. The van der Waals surface area contributed by atoms with Crippen LogP contribution < -0.4 is 4.74 Å². The molecule has 24 heavy (non-hydrogen) atoms. The summed E-state index contributed by atoms with van der Waals surface area (Å²) >= 11 is 7.79. The van der Waals surface area contributed by atoms with E-state index in [4.69, 9.17) is 26.1 Å². The summed E-state index contributed by atoms with van der Waals surface area (Å²) in [7, 11) is 3.38. The summed E-state index contributed by atoms with van der Waals surface area (Å²) in [5.41, 5.74) is 3.17. The molecule has 1 aromatic heterocycles. The zero-order chi connectivity index (χ0) is 16.9. The van der Waals surface area contributed by atoms with Gasteiger partial charge in [-0.3, -0.25) is 0 Å². The standard InChI is InChI=1S/C18H19ClN2O2S/c1-22-10-9-21-16-6-4-3-5-15(16)20-18(21)24-12-13-11-14(19)7-8-17(13)23-2/h3-8,11H,9-10,12H2,1-2H3. The number of benzene rings is 2. The van der Waals surface area contributed by atoms with Crippen molar-refractivity contribution in [3.8, 4) is 5.75 Å². The highest BCUT2D eigenvalue weighted by molar-refractivity contribution is 7.98. The molecular weight excluding hydrogens is 344 g/mol. The Kier molecular flexibility index (Phi) is 5.66. The number of thioether (sulfide) groups is 1. The Bertz CT molecular complexity index is 835. The van der Waals surface area contributed by atoms with Crippen molar-refractivity contribution in [2.24, 2.45) is 0 Å². The number of rotatable bonds is 7. The van der Waals surface area contributed by atoms with Gasteiger partial charge in [0.25, 0.3) is 0 Å². The van der Waals surface area contributed by atoms with Crippen LogP contribution in [0.2, 0.25) is 5.02 Å². The molecule has 1 heterocycles. The molecular formula is C18H19ClN2O2S. The Hall–Kier alpha value is -1.69. The monoisotopic (exact) mass is 362 g/mol.